The van der Waals surface area contributed by atoms with Crippen molar-refractivity contribution in [2.24, 2.45) is 0 Å². The molecule has 0 atom stereocenters. The summed E-state index contributed by atoms with van der Waals surface area (Å²) in [5.41, 5.74) is -0.440. The van der Waals surface area contributed by atoms with Crippen LogP contribution in [-0.4, -0.2) is 15.8 Å². The van der Waals surface area contributed by atoms with Crippen molar-refractivity contribution in [1.29, 1.82) is 0 Å². The number of alkyl halides is 3. The molecule has 0 aliphatic rings. The molecule has 2 aromatic carbocycles. The molecule has 0 aliphatic heterocycles. The molecule has 0 saturated carbocycles. The van der Waals surface area contributed by atoms with Crippen molar-refractivity contribution >= 4 is 28.9 Å². The van der Waals surface area contributed by atoms with Crippen LogP contribution < -0.4 is 5.32 Å². The molecule has 0 saturated heterocycles. The van der Waals surface area contributed by atoms with Gasteiger partial charge in [0, 0.05) is 29.6 Å². The first-order valence-corrected chi connectivity index (χ1v) is 8.83. The molecule has 3 rings (SSSR count). The maximum Gasteiger partial charge on any atom is 0.416 e. The molecule has 0 radical (unpaired) electrons. The van der Waals surface area contributed by atoms with Crippen molar-refractivity contribution in [3.63, 3.8) is 0 Å². The zero-order valence-electron chi connectivity index (χ0n) is 15.3. The predicted octanol–water partition coefficient (Wildman–Crippen LogP) is 5.89. The van der Waals surface area contributed by atoms with Crippen molar-refractivity contribution in [1.82, 2.24) is 4.98 Å². The highest BCUT2D eigenvalue weighted by Crippen LogP contribution is 2.34. The van der Waals surface area contributed by atoms with E-state index in [4.69, 9.17) is 11.6 Å². The Balaban J connectivity index is 1.97. The van der Waals surface area contributed by atoms with Crippen molar-refractivity contribution in [2.75, 3.05) is 5.32 Å². The third-order valence-electron chi connectivity index (χ3n) is 4.25. The van der Waals surface area contributed by atoms with Crippen LogP contribution in [0.25, 0.3) is 11.3 Å². The van der Waals surface area contributed by atoms with Crippen LogP contribution in [0.5, 0.6) is 0 Å². The third kappa shape index (κ3) is 4.57. The summed E-state index contributed by atoms with van der Waals surface area (Å²) in [6.45, 7) is 1.32. The Hall–Kier alpha value is -3.46. The van der Waals surface area contributed by atoms with E-state index in [1.807, 2.05) is 0 Å². The van der Waals surface area contributed by atoms with Crippen molar-refractivity contribution in [3.05, 3.63) is 86.6 Å². The zero-order chi connectivity index (χ0) is 22.1. The Bertz CT molecular complexity index is 1130. The number of nitro groups is 1. The van der Waals surface area contributed by atoms with Gasteiger partial charge in [0.1, 0.15) is 0 Å². The molecule has 6 nitrogen and oxygen atoms in total. The lowest BCUT2D eigenvalue weighted by atomic mass is 10.0. The van der Waals surface area contributed by atoms with Crippen LogP contribution in [0.1, 0.15) is 21.5 Å². The number of anilines is 1. The largest absolute Gasteiger partial charge is 0.416 e. The number of nitrogens with one attached hydrogen (secondary N) is 1. The van der Waals surface area contributed by atoms with Gasteiger partial charge in [-0.2, -0.15) is 13.2 Å². The summed E-state index contributed by atoms with van der Waals surface area (Å²) in [4.78, 5) is 27.2. The molecular weight excluding hydrogens is 423 g/mol. The van der Waals surface area contributed by atoms with E-state index >= 15 is 0 Å². The quantitative estimate of drug-likeness (QED) is 0.409. The summed E-state index contributed by atoms with van der Waals surface area (Å²) >= 11 is 5.94. The highest BCUT2D eigenvalue weighted by molar-refractivity contribution is 6.31. The van der Waals surface area contributed by atoms with Crippen LogP contribution in [0.3, 0.4) is 0 Å². The molecule has 0 aliphatic carbocycles. The van der Waals surface area contributed by atoms with E-state index in [0.29, 0.717) is 5.56 Å². The number of pyridine rings is 1. The number of non-ortho nitro benzene ring substituents is 1. The lowest BCUT2D eigenvalue weighted by molar-refractivity contribution is -0.384. The topological polar surface area (TPSA) is 85.1 Å². The Morgan fingerprint density at radius 3 is 2.40 bits per heavy atom. The molecule has 0 unspecified atom stereocenters. The van der Waals surface area contributed by atoms with E-state index in [1.165, 1.54) is 55.6 Å². The summed E-state index contributed by atoms with van der Waals surface area (Å²) in [7, 11) is 0. The molecule has 1 amide bonds. The number of carbonyl (C=O) groups is 1. The highest BCUT2D eigenvalue weighted by atomic mass is 35.5. The molecule has 3 aromatic rings. The van der Waals surface area contributed by atoms with Crippen LogP contribution in [-0.2, 0) is 6.18 Å². The van der Waals surface area contributed by atoms with Crippen molar-refractivity contribution in [2.45, 2.75) is 13.1 Å². The normalized spacial score (nSPS) is 11.2. The van der Waals surface area contributed by atoms with Gasteiger partial charge in [-0.1, -0.05) is 17.7 Å². The number of amides is 1. The second-order valence-corrected chi connectivity index (χ2v) is 6.77. The standard InChI is InChI=1S/C20H13ClF3N3O3/c1-11-2-5-14(9-17(11)20(22,23)24)26-19(28)16-8-13(21)10-25-18(16)12-3-6-15(7-4-12)27(29)30/h2-10H,1H3,(H,26,28). The molecule has 1 N–H and O–H groups in total. The van der Waals surface area contributed by atoms with Gasteiger partial charge < -0.3 is 5.32 Å². The first-order valence-electron chi connectivity index (χ1n) is 8.46. The Labute approximate surface area is 173 Å². The molecular formula is C20H13ClF3N3O3. The van der Waals surface area contributed by atoms with Gasteiger partial charge >= 0.3 is 6.18 Å². The van der Waals surface area contributed by atoms with Crippen LogP contribution >= 0.6 is 11.6 Å². The number of nitrogens with zero attached hydrogens (tertiary/aromatic N) is 2. The smallest absolute Gasteiger partial charge is 0.322 e. The SMILES string of the molecule is Cc1ccc(NC(=O)c2cc(Cl)cnc2-c2ccc([N+](=O)[O-])cc2)cc1C(F)(F)F. The Morgan fingerprint density at radius 2 is 1.80 bits per heavy atom. The van der Waals surface area contributed by atoms with Gasteiger partial charge in [-0.05, 0) is 42.8 Å². The minimum absolute atomic E-state index is 0.00508. The summed E-state index contributed by atoms with van der Waals surface area (Å²) in [6.07, 6.45) is -3.27. The van der Waals surface area contributed by atoms with Crippen molar-refractivity contribution in [3.8, 4) is 11.3 Å². The Kier molecular flexibility index (Phi) is 5.75. The number of benzene rings is 2. The number of hydrogen-bond donors (Lipinski definition) is 1. The molecule has 0 fully saturated rings. The van der Waals surface area contributed by atoms with E-state index < -0.39 is 22.6 Å². The monoisotopic (exact) mass is 435 g/mol. The predicted molar refractivity (Wildman–Crippen MR) is 105 cm³/mol. The molecule has 1 heterocycles. The minimum Gasteiger partial charge on any atom is -0.322 e. The van der Waals surface area contributed by atoms with Gasteiger partial charge in [-0.25, -0.2) is 0 Å². The fourth-order valence-electron chi connectivity index (χ4n) is 2.79. The fourth-order valence-corrected chi connectivity index (χ4v) is 2.94. The van der Waals surface area contributed by atoms with Gasteiger partial charge in [-0.15, -0.1) is 0 Å². The highest BCUT2D eigenvalue weighted by Gasteiger charge is 2.32. The first kappa shape index (κ1) is 21.3. The molecule has 10 heteroatoms. The maximum atomic E-state index is 13.1. The van der Waals surface area contributed by atoms with Gasteiger partial charge in [0.25, 0.3) is 11.6 Å². The number of carbonyl (C=O) groups excluding carboxylic acids is 1. The number of nitro benzene ring substituents is 1. The van der Waals surface area contributed by atoms with Gasteiger partial charge in [0.2, 0.25) is 0 Å². The number of rotatable bonds is 4. The minimum atomic E-state index is -4.56. The van der Waals surface area contributed by atoms with Crippen molar-refractivity contribution < 1.29 is 22.9 Å². The molecule has 0 bridgehead atoms. The van der Waals surface area contributed by atoms with E-state index in [9.17, 15) is 28.1 Å². The van der Waals surface area contributed by atoms with Gasteiger partial charge in [-0.3, -0.25) is 19.9 Å². The molecule has 154 valence electrons. The second kappa shape index (κ2) is 8.11. The van der Waals surface area contributed by atoms with Crippen LogP contribution in [0.15, 0.2) is 54.7 Å². The van der Waals surface area contributed by atoms with E-state index in [0.717, 1.165) is 6.07 Å². The second-order valence-electron chi connectivity index (χ2n) is 6.34. The van der Waals surface area contributed by atoms with E-state index in [1.54, 1.807) is 0 Å². The number of aromatic nitrogens is 1. The van der Waals surface area contributed by atoms with E-state index in [-0.39, 0.29) is 33.2 Å². The van der Waals surface area contributed by atoms with Crippen LogP contribution in [0, 0.1) is 17.0 Å². The number of aryl methyl sites for hydroxylation is 1. The van der Waals surface area contributed by atoms with Gasteiger partial charge in [0.15, 0.2) is 0 Å². The lowest BCUT2D eigenvalue weighted by Crippen LogP contribution is -2.15. The zero-order valence-corrected chi connectivity index (χ0v) is 16.1. The summed E-state index contributed by atoms with van der Waals surface area (Å²) in [5.74, 6) is -0.727. The van der Waals surface area contributed by atoms with E-state index in [2.05, 4.69) is 10.3 Å². The summed E-state index contributed by atoms with van der Waals surface area (Å²) < 4.78 is 39.4. The van der Waals surface area contributed by atoms with Crippen LogP contribution in [0.4, 0.5) is 24.5 Å². The fraction of sp³-hybridized carbons (Fsp3) is 0.100. The Morgan fingerprint density at radius 1 is 1.13 bits per heavy atom. The van der Waals surface area contributed by atoms with Gasteiger partial charge in [0.05, 0.1) is 26.8 Å². The third-order valence-corrected chi connectivity index (χ3v) is 4.46. The van der Waals surface area contributed by atoms with Crippen LogP contribution in [0.2, 0.25) is 5.02 Å². The first-order chi connectivity index (χ1) is 14.1. The average Bonchev–Trinajstić information content (AvgIpc) is 2.68. The number of hydrogen-bond acceptors (Lipinski definition) is 4. The lowest BCUT2D eigenvalue weighted by Gasteiger charge is -2.14. The number of halogens is 4. The molecule has 30 heavy (non-hydrogen) atoms. The molecule has 1 aromatic heterocycles. The summed E-state index contributed by atoms with van der Waals surface area (Å²) in [6, 6.07) is 10.1. The maximum absolute atomic E-state index is 13.1. The average molecular weight is 436 g/mol. The summed E-state index contributed by atoms with van der Waals surface area (Å²) in [5, 5.41) is 13.4. The molecule has 0 spiro atoms.